The van der Waals surface area contributed by atoms with Crippen LogP contribution in [-0.4, -0.2) is 30.6 Å². The zero-order valence-electron chi connectivity index (χ0n) is 13.5. The Kier molecular flexibility index (Phi) is 5.22. The van der Waals surface area contributed by atoms with Crippen molar-refractivity contribution in [1.82, 2.24) is 10.2 Å². The van der Waals surface area contributed by atoms with E-state index in [-0.39, 0.29) is 0 Å². The fourth-order valence-corrected chi connectivity index (χ4v) is 3.24. The Balaban J connectivity index is 2.10. The number of likely N-dealkylation sites (tertiary alicyclic amines) is 1. The highest BCUT2D eigenvalue weighted by atomic mass is 15.2. The highest BCUT2D eigenvalue weighted by molar-refractivity contribution is 5.20. The van der Waals surface area contributed by atoms with Gasteiger partial charge in [-0.3, -0.25) is 4.90 Å². The van der Waals surface area contributed by atoms with E-state index in [4.69, 9.17) is 0 Å². The summed E-state index contributed by atoms with van der Waals surface area (Å²) in [5, 5.41) is 3.75. The first kappa shape index (κ1) is 15.5. The van der Waals surface area contributed by atoms with Gasteiger partial charge in [0.05, 0.1) is 0 Å². The van der Waals surface area contributed by atoms with Crippen molar-refractivity contribution in [1.29, 1.82) is 0 Å². The van der Waals surface area contributed by atoms with E-state index in [1.165, 1.54) is 31.5 Å². The number of hydrogen-bond donors (Lipinski definition) is 1. The normalized spacial score (nSPS) is 21.8. The molecule has 0 spiro atoms. The van der Waals surface area contributed by atoms with Crippen LogP contribution in [0.3, 0.4) is 0 Å². The summed E-state index contributed by atoms with van der Waals surface area (Å²) in [5.74, 6) is 0. The van der Waals surface area contributed by atoms with E-state index in [2.05, 4.69) is 68.2 Å². The molecule has 2 nitrogen and oxygen atoms in total. The van der Waals surface area contributed by atoms with Crippen LogP contribution in [-0.2, 0) is 0 Å². The molecule has 0 amide bonds. The third-order valence-electron chi connectivity index (χ3n) is 4.54. The maximum atomic E-state index is 3.75. The summed E-state index contributed by atoms with van der Waals surface area (Å²) in [7, 11) is 0. The molecule has 1 saturated heterocycles. The lowest BCUT2D eigenvalue weighted by Gasteiger charge is -2.34. The SMILES string of the molecule is CCCNC(c1ccccc1)C(C)N1CCC(C)(C)C1. The molecule has 2 atom stereocenters. The molecule has 2 unspecified atom stereocenters. The average molecular weight is 274 g/mol. The van der Waals surface area contributed by atoms with Crippen LogP contribution in [0.5, 0.6) is 0 Å². The molecule has 1 aromatic rings. The van der Waals surface area contributed by atoms with Crippen molar-refractivity contribution in [3.05, 3.63) is 35.9 Å². The van der Waals surface area contributed by atoms with Crippen LogP contribution >= 0.6 is 0 Å². The second-order valence-corrected chi connectivity index (χ2v) is 6.97. The number of hydrogen-bond acceptors (Lipinski definition) is 2. The first-order valence-corrected chi connectivity index (χ1v) is 8.06. The minimum Gasteiger partial charge on any atom is -0.309 e. The summed E-state index contributed by atoms with van der Waals surface area (Å²) in [6, 6.07) is 11.9. The van der Waals surface area contributed by atoms with E-state index in [1.54, 1.807) is 0 Å². The predicted octanol–water partition coefficient (Wildman–Crippen LogP) is 3.85. The molecule has 2 heteroatoms. The summed E-state index contributed by atoms with van der Waals surface area (Å²) in [5.41, 5.74) is 1.89. The Hall–Kier alpha value is -0.860. The molecule has 2 rings (SSSR count). The van der Waals surface area contributed by atoms with Crippen molar-refractivity contribution in [3.63, 3.8) is 0 Å². The molecule has 1 heterocycles. The molecule has 1 aromatic carbocycles. The van der Waals surface area contributed by atoms with Crippen molar-refractivity contribution in [2.45, 2.75) is 52.6 Å². The van der Waals surface area contributed by atoms with Gasteiger partial charge < -0.3 is 5.32 Å². The summed E-state index contributed by atoms with van der Waals surface area (Å²) in [4.78, 5) is 2.65. The number of nitrogens with one attached hydrogen (secondary N) is 1. The van der Waals surface area contributed by atoms with Gasteiger partial charge in [0.15, 0.2) is 0 Å². The maximum Gasteiger partial charge on any atom is 0.0475 e. The lowest BCUT2D eigenvalue weighted by Crippen LogP contribution is -2.42. The van der Waals surface area contributed by atoms with Crippen molar-refractivity contribution in [2.24, 2.45) is 5.41 Å². The molecule has 112 valence electrons. The minimum absolute atomic E-state index is 0.435. The Morgan fingerprint density at radius 2 is 1.95 bits per heavy atom. The fourth-order valence-electron chi connectivity index (χ4n) is 3.24. The molecule has 1 aliphatic rings. The van der Waals surface area contributed by atoms with E-state index in [0.29, 0.717) is 17.5 Å². The van der Waals surface area contributed by atoms with Gasteiger partial charge in [-0.15, -0.1) is 0 Å². The molecular weight excluding hydrogens is 244 g/mol. The number of benzene rings is 1. The van der Waals surface area contributed by atoms with E-state index < -0.39 is 0 Å². The van der Waals surface area contributed by atoms with Gasteiger partial charge in [0.1, 0.15) is 0 Å². The molecule has 1 fully saturated rings. The monoisotopic (exact) mass is 274 g/mol. The van der Waals surface area contributed by atoms with Gasteiger partial charge in [-0.1, -0.05) is 51.1 Å². The summed E-state index contributed by atoms with van der Waals surface area (Å²) in [6.07, 6.45) is 2.49. The largest absolute Gasteiger partial charge is 0.309 e. The van der Waals surface area contributed by atoms with E-state index in [9.17, 15) is 0 Å². The third-order valence-corrected chi connectivity index (χ3v) is 4.54. The van der Waals surface area contributed by atoms with Crippen LogP contribution < -0.4 is 5.32 Å². The molecule has 0 aliphatic carbocycles. The Bertz CT molecular complexity index is 399. The molecular formula is C18H30N2. The fraction of sp³-hybridized carbons (Fsp3) is 0.667. The summed E-state index contributed by atoms with van der Waals surface area (Å²) >= 11 is 0. The smallest absolute Gasteiger partial charge is 0.0475 e. The number of rotatable bonds is 6. The Labute approximate surface area is 124 Å². The van der Waals surface area contributed by atoms with Crippen LogP contribution in [0.15, 0.2) is 30.3 Å². The van der Waals surface area contributed by atoms with Gasteiger partial charge in [0.25, 0.3) is 0 Å². The third kappa shape index (κ3) is 3.83. The molecule has 0 bridgehead atoms. The minimum atomic E-state index is 0.435. The van der Waals surface area contributed by atoms with Gasteiger partial charge in [0.2, 0.25) is 0 Å². The zero-order chi connectivity index (χ0) is 14.6. The van der Waals surface area contributed by atoms with Gasteiger partial charge in [0, 0.05) is 18.6 Å². The Morgan fingerprint density at radius 1 is 1.25 bits per heavy atom. The summed E-state index contributed by atoms with van der Waals surface area (Å²) in [6.45, 7) is 12.9. The Morgan fingerprint density at radius 3 is 2.50 bits per heavy atom. The molecule has 0 saturated carbocycles. The standard InChI is InChI=1S/C18H30N2/c1-5-12-19-17(16-9-7-6-8-10-16)15(2)20-13-11-18(3,4)14-20/h6-10,15,17,19H,5,11-14H2,1-4H3. The average Bonchev–Trinajstić information content (AvgIpc) is 2.80. The first-order chi connectivity index (χ1) is 9.53. The molecule has 1 N–H and O–H groups in total. The highest BCUT2D eigenvalue weighted by Crippen LogP contribution is 2.33. The van der Waals surface area contributed by atoms with Gasteiger partial charge in [-0.2, -0.15) is 0 Å². The second kappa shape index (κ2) is 6.73. The van der Waals surface area contributed by atoms with Gasteiger partial charge >= 0.3 is 0 Å². The van der Waals surface area contributed by atoms with E-state index in [1.807, 2.05) is 0 Å². The second-order valence-electron chi connectivity index (χ2n) is 6.97. The van der Waals surface area contributed by atoms with Crippen LogP contribution in [0.25, 0.3) is 0 Å². The van der Waals surface area contributed by atoms with E-state index >= 15 is 0 Å². The molecule has 1 aliphatic heterocycles. The molecule has 20 heavy (non-hydrogen) atoms. The predicted molar refractivity (Wildman–Crippen MR) is 86.9 cm³/mol. The van der Waals surface area contributed by atoms with Gasteiger partial charge in [-0.05, 0) is 43.8 Å². The van der Waals surface area contributed by atoms with Crippen LogP contribution in [0.1, 0.15) is 52.1 Å². The maximum absolute atomic E-state index is 3.75. The van der Waals surface area contributed by atoms with E-state index in [0.717, 1.165) is 6.54 Å². The lowest BCUT2D eigenvalue weighted by molar-refractivity contribution is 0.187. The van der Waals surface area contributed by atoms with Crippen molar-refractivity contribution in [3.8, 4) is 0 Å². The van der Waals surface area contributed by atoms with Crippen LogP contribution in [0.4, 0.5) is 0 Å². The first-order valence-electron chi connectivity index (χ1n) is 8.06. The zero-order valence-corrected chi connectivity index (χ0v) is 13.5. The molecule has 0 radical (unpaired) electrons. The van der Waals surface area contributed by atoms with Crippen molar-refractivity contribution < 1.29 is 0 Å². The van der Waals surface area contributed by atoms with Crippen LogP contribution in [0, 0.1) is 5.41 Å². The van der Waals surface area contributed by atoms with Crippen LogP contribution in [0.2, 0.25) is 0 Å². The summed E-state index contributed by atoms with van der Waals surface area (Å²) < 4.78 is 0. The van der Waals surface area contributed by atoms with Crippen molar-refractivity contribution >= 4 is 0 Å². The highest BCUT2D eigenvalue weighted by Gasteiger charge is 2.34. The molecule has 0 aromatic heterocycles. The lowest BCUT2D eigenvalue weighted by atomic mass is 9.93. The van der Waals surface area contributed by atoms with Crippen molar-refractivity contribution in [2.75, 3.05) is 19.6 Å². The number of nitrogens with zero attached hydrogens (tertiary/aromatic N) is 1. The topological polar surface area (TPSA) is 15.3 Å². The van der Waals surface area contributed by atoms with Gasteiger partial charge in [-0.25, -0.2) is 0 Å². The quantitative estimate of drug-likeness (QED) is 0.847.